The number of benzene rings is 2. The van der Waals surface area contributed by atoms with E-state index in [1.807, 2.05) is 36.4 Å². The molecule has 0 aromatic heterocycles. The number of rotatable bonds is 6. The first-order valence-corrected chi connectivity index (χ1v) is 9.67. The summed E-state index contributed by atoms with van der Waals surface area (Å²) in [6, 6.07) is 12.7. The minimum atomic E-state index is -2.49. The van der Waals surface area contributed by atoms with Crippen molar-refractivity contribution in [1.82, 2.24) is 0 Å². The van der Waals surface area contributed by atoms with Crippen LogP contribution in [0.25, 0.3) is 0 Å². The van der Waals surface area contributed by atoms with Crippen molar-refractivity contribution >= 4 is 51.7 Å². The van der Waals surface area contributed by atoms with Crippen LogP contribution in [0.3, 0.4) is 0 Å². The molecule has 0 bridgehead atoms. The number of nitrogens with zero attached hydrogens (tertiary/aromatic N) is 1. The molecule has 2 aromatic carbocycles. The van der Waals surface area contributed by atoms with Crippen LogP contribution in [0.15, 0.2) is 42.5 Å². The summed E-state index contributed by atoms with van der Waals surface area (Å²) in [7, 11) is 0. The number of hydrogen-bond donors (Lipinski definition) is 1. The van der Waals surface area contributed by atoms with Crippen molar-refractivity contribution in [2.24, 2.45) is 0 Å². The molecule has 1 atom stereocenters. The molecule has 0 saturated carbocycles. The van der Waals surface area contributed by atoms with E-state index in [9.17, 15) is 8.76 Å². The van der Waals surface area contributed by atoms with Crippen LogP contribution in [0.2, 0.25) is 0 Å². The Bertz CT molecular complexity index is 793. The predicted octanol–water partition coefficient (Wildman–Crippen LogP) is 3.51. The van der Waals surface area contributed by atoms with E-state index in [1.54, 1.807) is 6.07 Å². The Morgan fingerprint density at radius 1 is 1.24 bits per heavy atom. The molecule has 5 nitrogen and oxygen atoms in total. The number of nitrogens with one attached hydrogen (secondary N) is 1. The van der Waals surface area contributed by atoms with Crippen LogP contribution in [0.5, 0.6) is 11.5 Å². The van der Waals surface area contributed by atoms with E-state index in [-0.39, 0.29) is 4.20 Å². The molecule has 1 aliphatic rings. The maximum absolute atomic E-state index is 11.2. The maximum atomic E-state index is 11.2. The van der Waals surface area contributed by atoms with Gasteiger partial charge in [-0.1, -0.05) is 18.2 Å². The average Bonchev–Trinajstić information content (AvgIpc) is 3.11. The second kappa shape index (κ2) is 8.09. The van der Waals surface area contributed by atoms with E-state index >= 15 is 0 Å². The summed E-state index contributed by atoms with van der Waals surface area (Å²) in [6.07, 6.45) is 2.15. The van der Waals surface area contributed by atoms with Crippen molar-refractivity contribution in [3.05, 3.63) is 48.0 Å². The van der Waals surface area contributed by atoms with Crippen molar-refractivity contribution in [2.75, 3.05) is 22.7 Å². The lowest BCUT2D eigenvalue weighted by molar-refractivity contribution is 0.484. The van der Waals surface area contributed by atoms with E-state index in [4.69, 9.17) is 29.6 Å². The minimum Gasteiger partial charge on any atom is -0.755 e. The third-order valence-electron chi connectivity index (χ3n) is 3.91. The van der Waals surface area contributed by atoms with Gasteiger partial charge in [0, 0.05) is 24.4 Å². The molecule has 1 fully saturated rings. The van der Waals surface area contributed by atoms with Gasteiger partial charge in [0.2, 0.25) is 0 Å². The van der Waals surface area contributed by atoms with Gasteiger partial charge in [-0.3, -0.25) is 4.21 Å². The number of thiocarbonyl (C=S) groups is 1. The van der Waals surface area contributed by atoms with Crippen molar-refractivity contribution in [3.63, 3.8) is 0 Å². The molecule has 8 heteroatoms. The van der Waals surface area contributed by atoms with Gasteiger partial charge in [0.25, 0.3) is 0 Å². The zero-order valence-corrected chi connectivity index (χ0v) is 15.7. The fraction of sp³-hybridized carbons (Fsp3) is 0.235. The smallest absolute Gasteiger partial charge is 0.174 e. The molecule has 25 heavy (non-hydrogen) atoms. The van der Waals surface area contributed by atoms with E-state index in [1.165, 1.54) is 0 Å². The highest BCUT2D eigenvalue weighted by molar-refractivity contribution is 8.01. The number of anilines is 2. The quantitative estimate of drug-likeness (QED) is 0.461. The standard InChI is InChI=1S/C17H18N2O3S3/c20-25(21)18-14-10-12(17(23)24)11-15(19-8-4-5-9-19)16(14)22-13-6-2-1-3-7-13/h1-3,6-7,10-11,18H,4-5,8-9H2,(H,20,21)(H,23,24)/p-2. The van der Waals surface area contributed by atoms with Crippen LogP contribution < -0.4 is 14.4 Å². The van der Waals surface area contributed by atoms with Gasteiger partial charge in [0.05, 0.1) is 11.4 Å². The van der Waals surface area contributed by atoms with Crippen molar-refractivity contribution < 1.29 is 13.5 Å². The summed E-state index contributed by atoms with van der Waals surface area (Å²) >= 11 is 7.74. The van der Waals surface area contributed by atoms with Crippen molar-refractivity contribution in [2.45, 2.75) is 12.8 Å². The van der Waals surface area contributed by atoms with Crippen LogP contribution in [0.4, 0.5) is 11.4 Å². The Labute approximate surface area is 160 Å². The molecule has 0 aliphatic carbocycles. The fourth-order valence-electron chi connectivity index (χ4n) is 2.80. The fourth-order valence-corrected chi connectivity index (χ4v) is 3.37. The van der Waals surface area contributed by atoms with Gasteiger partial charge in [-0.25, -0.2) is 0 Å². The maximum Gasteiger partial charge on any atom is 0.174 e. The highest BCUT2D eigenvalue weighted by Gasteiger charge is 2.21. The van der Waals surface area contributed by atoms with Crippen LogP contribution in [0, 0.1) is 0 Å². The highest BCUT2D eigenvalue weighted by Crippen LogP contribution is 2.42. The Hall–Kier alpha value is -1.74. The molecule has 1 saturated heterocycles. The summed E-state index contributed by atoms with van der Waals surface area (Å²) < 4.78 is 31.2. The molecule has 3 rings (SSSR count). The molecule has 0 radical (unpaired) electrons. The van der Waals surface area contributed by atoms with E-state index < -0.39 is 11.3 Å². The van der Waals surface area contributed by atoms with Crippen LogP contribution >= 0.6 is 12.2 Å². The van der Waals surface area contributed by atoms with Gasteiger partial charge in [-0.05, 0) is 42.7 Å². The number of ether oxygens (including phenoxy) is 1. The SMILES string of the molecule is O=S([O-])Nc1cc(C(=S)[S-])cc(N2CCCC2)c1Oc1ccccc1. The first-order valence-electron chi connectivity index (χ1n) is 7.78. The molecule has 132 valence electrons. The lowest BCUT2D eigenvalue weighted by Gasteiger charge is -2.26. The normalized spacial score (nSPS) is 15.0. The zero-order chi connectivity index (χ0) is 17.8. The molecular weight excluding hydrogens is 376 g/mol. The van der Waals surface area contributed by atoms with Gasteiger partial charge in [0.15, 0.2) is 5.75 Å². The molecule has 0 spiro atoms. The summed E-state index contributed by atoms with van der Waals surface area (Å²) in [6.45, 7) is 1.75. The van der Waals surface area contributed by atoms with E-state index in [0.29, 0.717) is 22.7 Å². The third kappa shape index (κ3) is 4.46. The van der Waals surface area contributed by atoms with E-state index in [0.717, 1.165) is 31.6 Å². The average molecular weight is 393 g/mol. The molecule has 1 heterocycles. The molecule has 0 amide bonds. The van der Waals surface area contributed by atoms with E-state index in [2.05, 4.69) is 9.62 Å². The van der Waals surface area contributed by atoms with Gasteiger partial charge in [0.1, 0.15) is 5.75 Å². The Morgan fingerprint density at radius 3 is 2.52 bits per heavy atom. The lowest BCUT2D eigenvalue weighted by atomic mass is 10.1. The van der Waals surface area contributed by atoms with Gasteiger partial charge in [-0.15, -0.1) is 4.20 Å². The largest absolute Gasteiger partial charge is 0.755 e. The van der Waals surface area contributed by atoms with Crippen LogP contribution in [0.1, 0.15) is 18.4 Å². The van der Waals surface area contributed by atoms with Gasteiger partial charge >= 0.3 is 0 Å². The van der Waals surface area contributed by atoms with Gasteiger partial charge in [-0.2, -0.15) is 0 Å². The second-order valence-corrected chi connectivity index (χ2v) is 7.35. The zero-order valence-electron chi connectivity index (χ0n) is 13.3. The molecule has 2 aromatic rings. The predicted molar refractivity (Wildman–Crippen MR) is 106 cm³/mol. The summed E-state index contributed by atoms with van der Waals surface area (Å²) in [4.78, 5) is 2.16. The molecule has 1 N–H and O–H groups in total. The Morgan fingerprint density at radius 2 is 1.92 bits per heavy atom. The molecule has 1 aliphatic heterocycles. The second-order valence-electron chi connectivity index (χ2n) is 5.61. The first-order chi connectivity index (χ1) is 12.0. The highest BCUT2D eigenvalue weighted by atomic mass is 32.2. The monoisotopic (exact) mass is 392 g/mol. The number of hydrogen-bond acceptors (Lipinski definition) is 6. The molecular formula is C17H16N2O3S3-2. The Kier molecular flexibility index (Phi) is 5.85. The minimum absolute atomic E-state index is 0.284. The van der Waals surface area contributed by atoms with Gasteiger partial charge < -0.3 is 43.8 Å². The lowest BCUT2D eigenvalue weighted by Crippen LogP contribution is -2.19. The topological polar surface area (TPSA) is 64.6 Å². The summed E-state index contributed by atoms with van der Waals surface area (Å²) in [5, 5.41) is 0. The Balaban J connectivity index is 2.12. The first kappa shape index (κ1) is 18.1. The van der Waals surface area contributed by atoms with Crippen molar-refractivity contribution in [3.8, 4) is 11.5 Å². The number of para-hydroxylation sites is 1. The van der Waals surface area contributed by atoms with Crippen LogP contribution in [-0.2, 0) is 23.9 Å². The van der Waals surface area contributed by atoms with Crippen LogP contribution in [-0.4, -0.2) is 26.0 Å². The third-order valence-corrected chi connectivity index (χ3v) is 4.77. The van der Waals surface area contributed by atoms with Crippen molar-refractivity contribution in [1.29, 1.82) is 0 Å². The molecule has 1 unspecified atom stereocenters. The summed E-state index contributed by atoms with van der Waals surface area (Å²) in [5.74, 6) is 1.07. The summed E-state index contributed by atoms with van der Waals surface area (Å²) in [5.41, 5.74) is 1.74.